The number of halogens is 1. The van der Waals surface area contributed by atoms with Gasteiger partial charge in [0, 0.05) is 19.8 Å². The third-order valence-electron chi connectivity index (χ3n) is 3.06. The second-order valence-corrected chi connectivity index (χ2v) is 8.34. The van der Waals surface area contributed by atoms with Gasteiger partial charge in [0.15, 0.2) is 8.68 Å². The van der Waals surface area contributed by atoms with Crippen molar-refractivity contribution in [3.05, 3.63) is 10.2 Å². The molecular weight excluding hydrogens is 336 g/mol. The molecule has 1 N–H and O–H groups in total. The minimum Gasteiger partial charge on any atom is -0.379 e. The van der Waals surface area contributed by atoms with Crippen molar-refractivity contribution in [2.45, 2.75) is 36.5 Å². The van der Waals surface area contributed by atoms with E-state index in [-0.39, 0.29) is 14.8 Å². The Morgan fingerprint density at radius 3 is 3.00 bits per heavy atom. The van der Waals surface area contributed by atoms with Gasteiger partial charge in [-0.05, 0) is 26.2 Å². The molecule has 0 spiro atoms. The zero-order chi connectivity index (χ0) is 15.3. The van der Waals surface area contributed by atoms with Crippen LogP contribution >= 0.6 is 22.9 Å². The molecule has 0 amide bonds. The quantitative estimate of drug-likeness (QED) is 0.722. The first-order chi connectivity index (χ1) is 9.99. The second kappa shape index (κ2) is 7.85. The minimum absolute atomic E-state index is 0.174. The number of aryl methyl sites for hydroxylation is 1. The lowest BCUT2D eigenvalue weighted by atomic mass is 10.2. The van der Waals surface area contributed by atoms with E-state index in [2.05, 4.69) is 9.71 Å². The van der Waals surface area contributed by atoms with Crippen LogP contribution in [0.5, 0.6) is 0 Å². The predicted octanol–water partition coefficient (Wildman–Crippen LogP) is 1.97. The maximum atomic E-state index is 12.0. The fraction of sp³-hybridized carbons (Fsp3) is 0.750. The third-order valence-corrected chi connectivity index (χ3v) is 6.39. The lowest BCUT2D eigenvalue weighted by molar-refractivity contribution is 0.0169. The summed E-state index contributed by atoms with van der Waals surface area (Å²) >= 11 is 6.68. The minimum atomic E-state index is -3.53. The molecule has 0 aromatic carbocycles. The molecule has 120 valence electrons. The molecular formula is C12H19ClN2O4S2. The molecule has 2 heterocycles. The second-order valence-electron chi connectivity index (χ2n) is 4.80. The average Bonchev–Trinajstić information content (AvgIpc) is 3.03. The summed E-state index contributed by atoms with van der Waals surface area (Å²) in [6.07, 6.45) is 2.93. The van der Waals surface area contributed by atoms with Gasteiger partial charge >= 0.3 is 0 Å². The van der Waals surface area contributed by atoms with Gasteiger partial charge in [0.2, 0.25) is 0 Å². The Hall–Kier alpha value is -0.250. The van der Waals surface area contributed by atoms with Crippen LogP contribution in [0.15, 0.2) is 4.21 Å². The van der Waals surface area contributed by atoms with Gasteiger partial charge in [-0.1, -0.05) is 22.9 Å². The van der Waals surface area contributed by atoms with E-state index in [9.17, 15) is 8.42 Å². The normalized spacial score (nSPS) is 19.2. The van der Waals surface area contributed by atoms with Crippen molar-refractivity contribution < 1.29 is 17.9 Å². The molecule has 1 aromatic rings. The van der Waals surface area contributed by atoms with E-state index in [1.165, 1.54) is 0 Å². The van der Waals surface area contributed by atoms with Crippen molar-refractivity contribution in [2.75, 3.05) is 26.4 Å². The summed E-state index contributed by atoms with van der Waals surface area (Å²) in [5, 5.41) is 0. The van der Waals surface area contributed by atoms with Gasteiger partial charge in [0.05, 0.1) is 18.4 Å². The molecule has 1 fully saturated rings. The van der Waals surface area contributed by atoms with E-state index in [1.54, 1.807) is 6.92 Å². The Bertz CT molecular complexity index is 556. The van der Waals surface area contributed by atoms with Crippen LogP contribution in [0.1, 0.15) is 25.0 Å². The van der Waals surface area contributed by atoms with Gasteiger partial charge in [-0.25, -0.2) is 18.1 Å². The first kappa shape index (κ1) is 17.1. The Labute approximate surface area is 133 Å². The maximum absolute atomic E-state index is 12.0. The monoisotopic (exact) mass is 354 g/mol. The molecule has 1 aliphatic heterocycles. The number of ether oxygens (including phenoxy) is 2. The molecule has 1 aromatic heterocycles. The molecule has 1 saturated heterocycles. The van der Waals surface area contributed by atoms with Crippen LogP contribution in [0.3, 0.4) is 0 Å². The van der Waals surface area contributed by atoms with Gasteiger partial charge in [-0.3, -0.25) is 0 Å². The lowest BCUT2D eigenvalue weighted by Crippen LogP contribution is -2.26. The van der Waals surface area contributed by atoms with Crippen LogP contribution in [0.2, 0.25) is 4.47 Å². The van der Waals surface area contributed by atoms with E-state index >= 15 is 0 Å². The standard InChI is InChI=1S/C12H19ClN2O4S2/c1-9-11(20-12(13)15-9)21(16,17)14-5-3-6-18-8-10-4-2-7-19-10/h10,14H,2-8H2,1H3. The highest BCUT2D eigenvalue weighted by molar-refractivity contribution is 7.91. The highest BCUT2D eigenvalue weighted by Crippen LogP contribution is 2.26. The molecule has 1 aliphatic rings. The first-order valence-corrected chi connectivity index (χ1v) is 9.49. The Morgan fingerprint density at radius 2 is 2.38 bits per heavy atom. The molecule has 0 bridgehead atoms. The number of aromatic nitrogens is 1. The first-order valence-electron chi connectivity index (χ1n) is 6.81. The van der Waals surface area contributed by atoms with Crippen molar-refractivity contribution in [3.8, 4) is 0 Å². The van der Waals surface area contributed by atoms with Gasteiger partial charge in [0.25, 0.3) is 10.0 Å². The summed E-state index contributed by atoms with van der Waals surface area (Å²) in [6.45, 7) is 3.84. The topological polar surface area (TPSA) is 77.5 Å². The average molecular weight is 355 g/mol. The summed E-state index contributed by atoms with van der Waals surface area (Å²) in [5.74, 6) is 0. The van der Waals surface area contributed by atoms with Crippen LogP contribution in [-0.2, 0) is 19.5 Å². The molecule has 0 radical (unpaired) electrons. The number of nitrogens with one attached hydrogen (secondary N) is 1. The van der Waals surface area contributed by atoms with Crippen molar-refractivity contribution in [2.24, 2.45) is 0 Å². The van der Waals surface area contributed by atoms with E-state index < -0.39 is 10.0 Å². The van der Waals surface area contributed by atoms with Crippen LogP contribution in [0.25, 0.3) is 0 Å². The van der Waals surface area contributed by atoms with Crippen LogP contribution in [-0.4, -0.2) is 45.9 Å². The molecule has 9 heteroatoms. The number of rotatable bonds is 8. The van der Waals surface area contributed by atoms with Crippen LogP contribution < -0.4 is 4.72 Å². The smallest absolute Gasteiger partial charge is 0.251 e. The highest BCUT2D eigenvalue weighted by atomic mass is 35.5. The largest absolute Gasteiger partial charge is 0.379 e. The summed E-state index contributed by atoms with van der Waals surface area (Å²) < 4.78 is 37.9. The third kappa shape index (κ3) is 5.15. The number of hydrogen-bond acceptors (Lipinski definition) is 6. The Morgan fingerprint density at radius 1 is 1.57 bits per heavy atom. The van der Waals surface area contributed by atoms with Gasteiger partial charge in [-0.15, -0.1) is 0 Å². The highest BCUT2D eigenvalue weighted by Gasteiger charge is 2.20. The van der Waals surface area contributed by atoms with Crippen molar-refractivity contribution in [3.63, 3.8) is 0 Å². The van der Waals surface area contributed by atoms with Gasteiger partial charge in [-0.2, -0.15) is 0 Å². The summed E-state index contributed by atoms with van der Waals surface area (Å²) in [7, 11) is -3.53. The molecule has 21 heavy (non-hydrogen) atoms. The fourth-order valence-corrected chi connectivity index (χ4v) is 4.89. The summed E-state index contributed by atoms with van der Waals surface area (Å²) in [4.78, 5) is 3.91. The Balaban J connectivity index is 1.66. The number of sulfonamides is 1. The molecule has 1 unspecified atom stereocenters. The SMILES string of the molecule is Cc1nc(Cl)sc1S(=O)(=O)NCCCOCC1CCCO1. The van der Waals surface area contributed by atoms with E-state index in [1.807, 2.05) is 0 Å². The van der Waals surface area contributed by atoms with Gasteiger partial charge in [0.1, 0.15) is 0 Å². The molecule has 1 atom stereocenters. The molecule has 6 nitrogen and oxygen atoms in total. The lowest BCUT2D eigenvalue weighted by Gasteiger charge is -2.10. The maximum Gasteiger partial charge on any atom is 0.251 e. The summed E-state index contributed by atoms with van der Waals surface area (Å²) in [5.41, 5.74) is 0.423. The predicted molar refractivity (Wildman–Crippen MR) is 81.5 cm³/mol. The zero-order valence-corrected chi connectivity index (χ0v) is 14.2. The van der Waals surface area contributed by atoms with Crippen molar-refractivity contribution >= 4 is 33.0 Å². The van der Waals surface area contributed by atoms with E-state index in [0.29, 0.717) is 31.9 Å². The molecule has 2 rings (SSSR count). The van der Waals surface area contributed by atoms with E-state index in [0.717, 1.165) is 30.8 Å². The van der Waals surface area contributed by atoms with Crippen LogP contribution in [0.4, 0.5) is 0 Å². The molecule has 0 aliphatic carbocycles. The zero-order valence-electron chi connectivity index (χ0n) is 11.8. The number of nitrogens with zero attached hydrogens (tertiary/aromatic N) is 1. The van der Waals surface area contributed by atoms with Gasteiger partial charge < -0.3 is 9.47 Å². The summed E-state index contributed by atoms with van der Waals surface area (Å²) in [6, 6.07) is 0. The number of thiazole rings is 1. The number of hydrogen-bond donors (Lipinski definition) is 1. The van der Waals surface area contributed by atoms with Crippen LogP contribution in [0, 0.1) is 6.92 Å². The Kier molecular flexibility index (Phi) is 6.39. The fourth-order valence-electron chi connectivity index (χ4n) is 2.04. The molecule has 0 saturated carbocycles. The van der Waals surface area contributed by atoms with Crippen molar-refractivity contribution in [1.82, 2.24) is 9.71 Å². The van der Waals surface area contributed by atoms with Crippen molar-refractivity contribution in [1.29, 1.82) is 0 Å². The van der Waals surface area contributed by atoms with E-state index in [4.69, 9.17) is 21.1 Å².